The number of hydrogen-bond donors (Lipinski definition) is 0. The number of carbonyl (C=O) groups is 1. The molecule has 0 radical (unpaired) electrons. The van der Waals surface area contributed by atoms with Crippen LogP contribution in [-0.4, -0.2) is 50.4 Å². The first-order valence-electron chi connectivity index (χ1n) is 5.32. The number of aryl methyl sites for hydroxylation is 1. The SMILES string of the molecule is Cc1cc(C=O)cnc1N(C)CCN(C)C. The molecule has 0 saturated heterocycles. The maximum Gasteiger partial charge on any atom is 0.151 e. The van der Waals surface area contributed by atoms with Crippen molar-refractivity contribution in [2.45, 2.75) is 6.92 Å². The van der Waals surface area contributed by atoms with E-state index in [9.17, 15) is 4.79 Å². The Kier molecular flexibility index (Phi) is 4.43. The lowest BCUT2D eigenvalue weighted by atomic mass is 10.2. The summed E-state index contributed by atoms with van der Waals surface area (Å²) in [5.74, 6) is 0.937. The topological polar surface area (TPSA) is 36.4 Å². The number of carbonyl (C=O) groups excluding carboxylic acids is 1. The highest BCUT2D eigenvalue weighted by molar-refractivity contribution is 5.75. The maximum atomic E-state index is 10.6. The van der Waals surface area contributed by atoms with E-state index in [1.54, 1.807) is 6.20 Å². The van der Waals surface area contributed by atoms with Crippen LogP contribution in [0.5, 0.6) is 0 Å². The van der Waals surface area contributed by atoms with Crippen LogP contribution in [0.15, 0.2) is 12.3 Å². The Balaban J connectivity index is 2.75. The molecule has 0 bridgehead atoms. The van der Waals surface area contributed by atoms with Gasteiger partial charge < -0.3 is 9.80 Å². The number of aldehydes is 1. The molecular formula is C12H19N3O. The van der Waals surface area contributed by atoms with Gasteiger partial charge in [-0.25, -0.2) is 4.98 Å². The first-order chi connectivity index (χ1) is 7.54. The average Bonchev–Trinajstić information content (AvgIpc) is 2.25. The van der Waals surface area contributed by atoms with Crippen molar-refractivity contribution in [1.82, 2.24) is 9.88 Å². The molecule has 0 spiro atoms. The quantitative estimate of drug-likeness (QED) is 0.700. The van der Waals surface area contributed by atoms with Crippen LogP contribution >= 0.6 is 0 Å². The highest BCUT2D eigenvalue weighted by atomic mass is 16.1. The summed E-state index contributed by atoms with van der Waals surface area (Å²) in [7, 11) is 6.10. The zero-order valence-electron chi connectivity index (χ0n) is 10.4. The van der Waals surface area contributed by atoms with Crippen LogP contribution in [0.25, 0.3) is 0 Å². The Labute approximate surface area is 96.9 Å². The van der Waals surface area contributed by atoms with E-state index in [2.05, 4.69) is 14.8 Å². The van der Waals surface area contributed by atoms with E-state index in [0.29, 0.717) is 5.56 Å². The first kappa shape index (κ1) is 12.6. The van der Waals surface area contributed by atoms with Gasteiger partial charge in [0.1, 0.15) is 5.82 Å². The van der Waals surface area contributed by atoms with Gasteiger partial charge in [0.2, 0.25) is 0 Å². The van der Waals surface area contributed by atoms with Crippen LogP contribution in [0.1, 0.15) is 15.9 Å². The van der Waals surface area contributed by atoms with E-state index < -0.39 is 0 Å². The highest BCUT2D eigenvalue weighted by Crippen LogP contribution is 2.15. The lowest BCUT2D eigenvalue weighted by Crippen LogP contribution is -2.29. The average molecular weight is 221 g/mol. The minimum atomic E-state index is 0.627. The molecule has 1 aromatic heterocycles. The van der Waals surface area contributed by atoms with Gasteiger partial charge in [-0.05, 0) is 32.6 Å². The van der Waals surface area contributed by atoms with Crippen molar-refractivity contribution in [2.75, 3.05) is 39.1 Å². The van der Waals surface area contributed by atoms with E-state index in [4.69, 9.17) is 0 Å². The molecule has 0 unspecified atom stereocenters. The van der Waals surface area contributed by atoms with Gasteiger partial charge in [-0.15, -0.1) is 0 Å². The Morgan fingerprint density at radius 2 is 2.00 bits per heavy atom. The lowest BCUT2D eigenvalue weighted by Gasteiger charge is -2.22. The summed E-state index contributed by atoms with van der Waals surface area (Å²) in [6.45, 7) is 3.87. The van der Waals surface area contributed by atoms with Crippen LogP contribution in [0.4, 0.5) is 5.82 Å². The molecule has 4 nitrogen and oxygen atoms in total. The molecule has 1 rings (SSSR count). The fourth-order valence-corrected chi connectivity index (χ4v) is 1.51. The number of hydrogen-bond acceptors (Lipinski definition) is 4. The summed E-state index contributed by atoms with van der Waals surface area (Å²) in [5, 5.41) is 0. The number of pyridine rings is 1. The van der Waals surface area contributed by atoms with Crippen LogP contribution in [-0.2, 0) is 0 Å². The predicted molar refractivity (Wildman–Crippen MR) is 66.2 cm³/mol. The molecule has 0 saturated carbocycles. The Morgan fingerprint density at radius 1 is 1.31 bits per heavy atom. The van der Waals surface area contributed by atoms with Crippen LogP contribution in [0.3, 0.4) is 0 Å². The van der Waals surface area contributed by atoms with Crippen molar-refractivity contribution in [3.63, 3.8) is 0 Å². The van der Waals surface area contributed by atoms with Crippen LogP contribution in [0.2, 0.25) is 0 Å². The fraction of sp³-hybridized carbons (Fsp3) is 0.500. The smallest absolute Gasteiger partial charge is 0.151 e. The largest absolute Gasteiger partial charge is 0.358 e. The summed E-state index contributed by atoms with van der Waals surface area (Å²) in [6, 6.07) is 1.86. The third-order valence-corrected chi connectivity index (χ3v) is 2.45. The van der Waals surface area contributed by atoms with E-state index in [-0.39, 0.29) is 0 Å². The van der Waals surface area contributed by atoms with E-state index in [1.807, 2.05) is 34.1 Å². The molecule has 0 amide bonds. The van der Waals surface area contributed by atoms with Gasteiger partial charge in [0, 0.05) is 31.9 Å². The van der Waals surface area contributed by atoms with Gasteiger partial charge in [0.15, 0.2) is 6.29 Å². The van der Waals surface area contributed by atoms with Gasteiger partial charge in [-0.1, -0.05) is 0 Å². The second-order valence-electron chi connectivity index (χ2n) is 4.25. The zero-order valence-corrected chi connectivity index (χ0v) is 10.4. The third kappa shape index (κ3) is 3.31. The summed E-state index contributed by atoms with van der Waals surface area (Å²) < 4.78 is 0. The molecule has 0 aromatic carbocycles. The molecular weight excluding hydrogens is 202 g/mol. The summed E-state index contributed by atoms with van der Waals surface area (Å²) >= 11 is 0. The number of rotatable bonds is 5. The molecule has 0 aliphatic heterocycles. The molecule has 4 heteroatoms. The number of likely N-dealkylation sites (N-methyl/N-ethyl adjacent to an activating group) is 2. The second-order valence-corrected chi connectivity index (χ2v) is 4.25. The van der Waals surface area contributed by atoms with Crippen molar-refractivity contribution < 1.29 is 4.79 Å². The minimum absolute atomic E-state index is 0.627. The van der Waals surface area contributed by atoms with Gasteiger partial charge >= 0.3 is 0 Å². The number of anilines is 1. The zero-order chi connectivity index (χ0) is 12.1. The van der Waals surface area contributed by atoms with Crippen molar-refractivity contribution in [3.05, 3.63) is 23.4 Å². The molecule has 88 valence electrons. The molecule has 1 aromatic rings. The third-order valence-electron chi connectivity index (χ3n) is 2.45. The standard InChI is InChI=1S/C12H19N3O/c1-10-7-11(9-16)8-13-12(10)15(4)6-5-14(2)3/h7-9H,5-6H2,1-4H3. The van der Waals surface area contributed by atoms with Crippen molar-refractivity contribution in [3.8, 4) is 0 Å². The Bertz CT molecular complexity index is 363. The minimum Gasteiger partial charge on any atom is -0.358 e. The summed E-state index contributed by atoms with van der Waals surface area (Å²) in [5.41, 5.74) is 1.66. The van der Waals surface area contributed by atoms with Crippen molar-refractivity contribution in [2.24, 2.45) is 0 Å². The van der Waals surface area contributed by atoms with Gasteiger partial charge in [-0.3, -0.25) is 4.79 Å². The Hall–Kier alpha value is -1.42. The second kappa shape index (κ2) is 5.61. The van der Waals surface area contributed by atoms with Gasteiger partial charge in [-0.2, -0.15) is 0 Å². The summed E-state index contributed by atoms with van der Waals surface area (Å²) in [4.78, 5) is 19.1. The van der Waals surface area contributed by atoms with Crippen LogP contribution in [0, 0.1) is 6.92 Å². The number of aromatic nitrogens is 1. The molecule has 0 atom stereocenters. The van der Waals surface area contributed by atoms with Crippen molar-refractivity contribution in [1.29, 1.82) is 0 Å². The molecule has 0 aliphatic rings. The van der Waals surface area contributed by atoms with E-state index in [1.165, 1.54) is 0 Å². The van der Waals surface area contributed by atoms with Crippen LogP contribution < -0.4 is 4.90 Å². The van der Waals surface area contributed by atoms with Crippen molar-refractivity contribution >= 4 is 12.1 Å². The highest BCUT2D eigenvalue weighted by Gasteiger charge is 2.07. The van der Waals surface area contributed by atoms with E-state index >= 15 is 0 Å². The first-order valence-corrected chi connectivity index (χ1v) is 5.32. The normalized spacial score (nSPS) is 10.6. The van der Waals surface area contributed by atoms with Gasteiger partial charge in [0.25, 0.3) is 0 Å². The predicted octanol–water partition coefficient (Wildman–Crippen LogP) is 1.20. The molecule has 1 heterocycles. The lowest BCUT2D eigenvalue weighted by molar-refractivity contribution is 0.112. The fourth-order valence-electron chi connectivity index (χ4n) is 1.51. The maximum absolute atomic E-state index is 10.6. The van der Waals surface area contributed by atoms with E-state index in [0.717, 1.165) is 30.8 Å². The monoisotopic (exact) mass is 221 g/mol. The molecule has 0 N–H and O–H groups in total. The number of nitrogens with zero attached hydrogens (tertiary/aromatic N) is 3. The van der Waals surface area contributed by atoms with Gasteiger partial charge in [0.05, 0.1) is 0 Å². The molecule has 0 fully saturated rings. The summed E-state index contributed by atoms with van der Waals surface area (Å²) in [6.07, 6.45) is 2.44. The molecule has 0 aliphatic carbocycles. The Morgan fingerprint density at radius 3 is 2.50 bits per heavy atom. The molecule has 16 heavy (non-hydrogen) atoms.